The average molecular weight is 376 g/mol. The first-order valence-electron chi connectivity index (χ1n) is 8.08. The zero-order valence-corrected chi connectivity index (χ0v) is 15.9. The highest BCUT2D eigenvalue weighted by atomic mass is 32.2. The Bertz CT molecular complexity index is 800. The maximum atomic E-state index is 13.1. The molecule has 1 atom stereocenters. The second-order valence-electron chi connectivity index (χ2n) is 6.09. The standard InChI is InChI=1S/C15H25N3O4S2/c1-4-8-17(9-5-2)24(21,22)18-12(3)10-13-11-14(23(16,19)20)6-7-15(13)18/h6-7,11-12H,4-5,8-10H2,1-3H3,(H2,16,19,20). The summed E-state index contributed by atoms with van der Waals surface area (Å²) in [4.78, 5) is 0.00618. The fourth-order valence-electron chi connectivity index (χ4n) is 3.07. The lowest BCUT2D eigenvalue weighted by Gasteiger charge is -2.31. The van der Waals surface area contributed by atoms with Gasteiger partial charge in [0.05, 0.1) is 10.6 Å². The number of sulfonamides is 1. The summed E-state index contributed by atoms with van der Waals surface area (Å²) in [6, 6.07) is 4.10. The number of rotatable bonds is 7. The number of nitrogens with zero attached hydrogens (tertiary/aromatic N) is 2. The van der Waals surface area contributed by atoms with E-state index in [1.165, 1.54) is 26.8 Å². The molecule has 0 aromatic heterocycles. The molecule has 1 aromatic carbocycles. The predicted octanol–water partition coefficient (Wildman–Crippen LogP) is 1.45. The Labute approximate surface area is 144 Å². The number of hydrogen-bond acceptors (Lipinski definition) is 4. The van der Waals surface area contributed by atoms with E-state index in [1.54, 1.807) is 0 Å². The maximum absolute atomic E-state index is 13.1. The van der Waals surface area contributed by atoms with Crippen molar-refractivity contribution < 1.29 is 16.8 Å². The molecule has 1 aliphatic rings. The number of nitrogens with two attached hydrogens (primary N) is 1. The van der Waals surface area contributed by atoms with Crippen LogP contribution in [0, 0.1) is 0 Å². The molecule has 1 aliphatic heterocycles. The molecular weight excluding hydrogens is 350 g/mol. The molecule has 1 unspecified atom stereocenters. The van der Waals surface area contributed by atoms with Gasteiger partial charge < -0.3 is 0 Å². The van der Waals surface area contributed by atoms with Gasteiger partial charge in [-0.3, -0.25) is 4.31 Å². The molecule has 0 saturated heterocycles. The summed E-state index contributed by atoms with van der Waals surface area (Å²) in [7, 11) is -7.46. The number of primary sulfonamides is 1. The first-order chi connectivity index (χ1) is 11.1. The van der Waals surface area contributed by atoms with Crippen molar-refractivity contribution in [2.75, 3.05) is 17.4 Å². The van der Waals surface area contributed by atoms with Crippen LogP contribution in [-0.4, -0.2) is 40.3 Å². The lowest BCUT2D eigenvalue weighted by Crippen LogP contribution is -2.47. The lowest BCUT2D eigenvalue weighted by molar-refractivity contribution is 0.405. The Morgan fingerprint density at radius 2 is 1.75 bits per heavy atom. The Morgan fingerprint density at radius 3 is 2.25 bits per heavy atom. The number of anilines is 1. The first-order valence-corrected chi connectivity index (χ1v) is 11.0. The van der Waals surface area contributed by atoms with E-state index < -0.39 is 20.2 Å². The van der Waals surface area contributed by atoms with Crippen LogP contribution in [-0.2, 0) is 26.7 Å². The Morgan fingerprint density at radius 1 is 1.17 bits per heavy atom. The van der Waals surface area contributed by atoms with Gasteiger partial charge in [-0.2, -0.15) is 12.7 Å². The molecular formula is C15H25N3O4S2. The van der Waals surface area contributed by atoms with Crippen molar-refractivity contribution in [2.45, 2.75) is 51.0 Å². The van der Waals surface area contributed by atoms with Gasteiger partial charge in [-0.05, 0) is 49.9 Å². The molecule has 1 heterocycles. The van der Waals surface area contributed by atoms with E-state index in [9.17, 15) is 16.8 Å². The third-order valence-corrected chi connectivity index (χ3v) is 7.04. The summed E-state index contributed by atoms with van der Waals surface area (Å²) in [6.07, 6.45) is 1.93. The summed E-state index contributed by atoms with van der Waals surface area (Å²) in [5.74, 6) is 0. The summed E-state index contributed by atoms with van der Waals surface area (Å²) in [5.41, 5.74) is 1.22. The SMILES string of the molecule is CCCN(CCC)S(=O)(=O)N1c2ccc(S(N)(=O)=O)cc2CC1C. The van der Waals surface area contributed by atoms with Gasteiger partial charge in [-0.25, -0.2) is 13.6 Å². The Hall–Kier alpha value is -1.16. The van der Waals surface area contributed by atoms with Crippen LogP contribution in [0.1, 0.15) is 39.2 Å². The largest absolute Gasteiger partial charge is 0.304 e. The second kappa shape index (κ2) is 6.99. The van der Waals surface area contributed by atoms with E-state index in [1.807, 2.05) is 20.8 Å². The molecule has 0 saturated carbocycles. The quantitative estimate of drug-likeness (QED) is 0.779. The second-order valence-corrected chi connectivity index (χ2v) is 9.46. The number of hydrogen-bond donors (Lipinski definition) is 1. The van der Waals surface area contributed by atoms with Crippen LogP contribution in [0.4, 0.5) is 5.69 Å². The van der Waals surface area contributed by atoms with Crippen LogP contribution in [0.25, 0.3) is 0 Å². The van der Waals surface area contributed by atoms with Crippen LogP contribution in [0.3, 0.4) is 0 Å². The van der Waals surface area contributed by atoms with E-state index in [0.29, 0.717) is 30.8 Å². The minimum atomic E-state index is -3.81. The number of benzene rings is 1. The highest BCUT2D eigenvalue weighted by molar-refractivity contribution is 7.90. The monoisotopic (exact) mass is 375 g/mol. The van der Waals surface area contributed by atoms with E-state index in [-0.39, 0.29) is 10.9 Å². The molecule has 0 bridgehead atoms. The zero-order chi connectivity index (χ0) is 18.1. The van der Waals surface area contributed by atoms with E-state index in [2.05, 4.69) is 0 Å². The van der Waals surface area contributed by atoms with Crippen molar-refractivity contribution in [1.29, 1.82) is 0 Å². The normalized spacial score (nSPS) is 18.2. The van der Waals surface area contributed by atoms with Crippen LogP contribution < -0.4 is 9.44 Å². The zero-order valence-electron chi connectivity index (χ0n) is 14.3. The van der Waals surface area contributed by atoms with Gasteiger partial charge in [0.15, 0.2) is 0 Å². The summed E-state index contributed by atoms with van der Waals surface area (Å²) >= 11 is 0. The van der Waals surface area contributed by atoms with Gasteiger partial charge in [0, 0.05) is 19.1 Å². The fraction of sp³-hybridized carbons (Fsp3) is 0.600. The molecule has 1 aromatic rings. The van der Waals surface area contributed by atoms with Gasteiger partial charge in [-0.15, -0.1) is 0 Å². The molecule has 0 spiro atoms. The molecule has 0 radical (unpaired) electrons. The predicted molar refractivity (Wildman–Crippen MR) is 94.5 cm³/mol. The Kier molecular flexibility index (Phi) is 5.58. The van der Waals surface area contributed by atoms with Gasteiger partial charge in [0.2, 0.25) is 10.0 Å². The van der Waals surface area contributed by atoms with Gasteiger partial charge >= 0.3 is 10.2 Å². The molecule has 7 nitrogen and oxygen atoms in total. The molecule has 9 heteroatoms. The van der Waals surface area contributed by atoms with Crippen LogP contribution in [0.5, 0.6) is 0 Å². The highest BCUT2D eigenvalue weighted by Crippen LogP contribution is 2.36. The molecule has 0 aliphatic carbocycles. The molecule has 136 valence electrons. The van der Waals surface area contributed by atoms with Gasteiger partial charge in [0.25, 0.3) is 0 Å². The average Bonchev–Trinajstić information content (AvgIpc) is 2.81. The third kappa shape index (κ3) is 3.58. The minimum absolute atomic E-state index is 0.00618. The topological polar surface area (TPSA) is 101 Å². The smallest absolute Gasteiger partial charge is 0.254 e. The minimum Gasteiger partial charge on any atom is -0.254 e. The van der Waals surface area contributed by atoms with Crippen molar-refractivity contribution in [3.63, 3.8) is 0 Å². The van der Waals surface area contributed by atoms with E-state index >= 15 is 0 Å². The molecule has 2 N–H and O–H groups in total. The van der Waals surface area contributed by atoms with Crippen LogP contribution >= 0.6 is 0 Å². The summed E-state index contributed by atoms with van der Waals surface area (Å²) in [5, 5.41) is 5.17. The number of fused-ring (bicyclic) bond motifs is 1. The van der Waals surface area contributed by atoms with Gasteiger partial charge in [-0.1, -0.05) is 13.8 Å². The maximum Gasteiger partial charge on any atom is 0.304 e. The van der Waals surface area contributed by atoms with Crippen molar-refractivity contribution in [2.24, 2.45) is 5.14 Å². The molecule has 0 amide bonds. The third-order valence-electron chi connectivity index (χ3n) is 4.05. The van der Waals surface area contributed by atoms with Crippen molar-refractivity contribution in [3.8, 4) is 0 Å². The van der Waals surface area contributed by atoms with E-state index in [0.717, 1.165) is 12.8 Å². The van der Waals surface area contributed by atoms with E-state index in [4.69, 9.17) is 5.14 Å². The Balaban J connectivity index is 2.47. The van der Waals surface area contributed by atoms with Crippen molar-refractivity contribution in [3.05, 3.63) is 23.8 Å². The van der Waals surface area contributed by atoms with Crippen molar-refractivity contribution >= 4 is 25.9 Å². The lowest BCUT2D eigenvalue weighted by atomic mass is 10.1. The van der Waals surface area contributed by atoms with Gasteiger partial charge in [0.1, 0.15) is 0 Å². The molecule has 0 fully saturated rings. The molecule has 24 heavy (non-hydrogen) atoms. The summed E-state index contributed by atoms with van der Waals surface area (Å²) in [6.45, 7) is 6.63. The highest BCUT2D eigenvalue weighted by Gasteiger charge is 2.38. The molecule has 2 rings (SSSR count). The first kappa shape index (κ1) is 19.2. The summed E-state index contributed by atoms with van der Waals surface area (Å²) < 4.78 is 52.1. The van der Waals surface area contributed by atoms with Crippen LogP contribution in [0.15, 0.2) is 23.1 Å². The fourth-order valence-corrected chi connectivity index (χ4v) is 5.67. The van der Waals surface area contributed by atoms with Crippen molar-refractivity contribution in [1.82, 2.24) is 4.31 Å². The van der Waals surface area contributed by atoms with Crippen LogP contribution in [0.2, 0.25) is 0 Å².